The molecule has 0 bridgehead atoms. The van der Waals surface area contributed by atoms with Gasteiger partial charge in [0.25, 0.3) is 0 Å². The van der Waals surface area contributed by atoms with Crippen molar-refractivity contribution in [3.8, 4) is 11.5 Å². The summed E-state index contributed by atoms with van der Waals surface area (Å²) in [4.78, 5) is 4.75. The number of benzene rings is 2. The Hall–Kier alpha value is -2.49. The summed E-state index contributed by atoms with van der Waals surface area (Å²) in [5.74, 6) is 2.63. The van der Waals surface area contributed by atoms with Crippen molar-refractivity contribution in [2.24, 2.45) is 0 Å². The third kappa shape index (κ3) is 3.70. The van der Waals surface area contributed by atoms with Crippen molar-refractivity contribution in [1.82, 2.24) is 9.55 Å². The highest BCUT2D eigenvalue weighted by Gasteiger charge is 2.10. The number of para-hydroxylation sites is 2. The molecular formula is C20H24N2O2. The minimum absolute atomic E-state index is 0.465. The Labute approximate surface area is 143 Å². The molecule has 0 N–H and O–H groups in total. The summed E-state index contributed by atoms with van der Waals surface area (Å²) in [5.41, 5.74) is 2.21. The van der Waals surface area contributed by atoms with Crippen molar-refractivity contribution in [1.29, 1.82) is 0 Å². The van der Waals surface area contributed by atoms with Gasteiger partial charge in [-0.2, -0.15) is 0 Å². The number of aromatic nitrogens is 2. The lowest BCUT2D eigenvalue weighted by Gasteiger charge is -2.10. The van der Waals surface area contributed by atoms with Crippen LogP contribution in [0, 0.1) is 0 Å². The van der Waals surface area contributed by atoms with Crippen LogP contribution in [0.15, 0.2) is 48.5 Å². The summed E-state index contributed by atoms with van der Waals surface area (Å²) in [7, 11) is 1.66. The van der Waals surface area contributed by atoms with Crippen molar-refractivity contribution < 1.29 is 9.47 Å². The molecule has 0 spiro atoms. The highest BCUT2D eigenvalue weighted by atomic mass is 16.5. The summed E-state index contributed by atoms with van der Waals surface area (Å²) in [5, 5.41) is 0. The van der Waals surface area contributed by atoms with Crippen LogP contribution in [-0.2, 0) is 13.2 Å². The number of ether oxygens (including phenoxy) is 2. The van der Waals surface area contributed by atoms with Crippen LogP contribution < -0.4 is 9.47 Å². The third-order valence-electron chi connectivity index (χ3n) is 4.15. The lowest BCUT2D eigenvalue weighted by Crippen LogP contribution is -2.07. The molecule has 0 aliphatic heterocycles. The molecule has 1 aromatic heterocycles. The summed E-state index contributed by atoms with van der Waals surface area (Å²) in [6.07, 6.45) is 3.60. The number of hydrogen-bond acceptors (Lipinski definition) is 3. The quantitative estimate of drug-likeness (QED) is 0.558. The van der Waals surface area contributed by atoms with Crippen LogP contribution in [0.3, 0.4) is 0 Å². The lowest BCUT2D eigenvalue weighted by molar-refractivity contribution is 0.289. The van der Waals surface area contributed by atoms with E-state index < -0.39 is 0 Å². The fraction of sp³-hybridized carbons (Fsp3) is 0.350. The highest BCUT2D eigenvalue weighted by molar-refractivity contribution is 5.75. The molecule has 3 rings (SSSR count). The van der Waals surface area contributed by atoms with E-state index >= 15 is 0 Å². The molecule has 0 unspecified atom stereocenters. The molecule has 4 nitrogen and oxygen atoms in total. The third-order valence-corrected chi connectivity index (χ3v) is 4.15. The first-order chi connectivity index (χ1) is 11.8. The van der Waals surface area contributed by atoms with Gasteiger partial charge in [-0.25, -0.2) is 4.98 Å². The molecule has 0 fully saturated rings. The van der Waals surface area contributed by atoms with Gasteiger partial charge >= 0.3 is 0 Å². The van der Waals surface area contributed by atoms with E-state index in [0.29, 0.717) is 6.61 Å². The molecular weight excluding hydrogens is 300 g/mol. The average Bonchev–Trinajstić information content (AvgIpc) is 2.98. The Bertz CT molecular complexity index is 778. The van der Waals surface area contributed by atoms with Crippen molar-refractivity contribution in [3.63, 3.8) is 0 Å². The molecule has 3 aromatic rings. The second-order valence-electron chi connectivity index (χ2n) is 5.84. The van der Waals surface area contributed by atoms with Crippen LogP contribution in [0.2, 0.25) is 0 Å². The van der Waals surface area contributed by atoms with Gasteiger partial charge in [-0.3, -0.25) is 0 Å². The maximum atomic E-state index is 5.93. The molecule has 0 saturated carbocycles. The van der Waals surface area contributed by atoms with Crippen LogP contribution >= 0.6 is 0 Å². The van der Waals surface area contributed by atoms with E-state index in [2.05, 4.69) is 29.7 Å². The van der Waals surface area contributed by atoms with E-state index in [9.17, 15) is 0 Å². The van der Waals surface area contributed by atoms with Gasteiger partial charge in [0.05, 0.1) is 18.1 Å². The Morgan fingerprint density at radius 1 is 0.958 bits per heavy atom. The van der Waals surface area contributed by atoms with E-state index in [0.717, 1.165) is 35.8 Å². The lowest BCUT2D eigenvalue weighted by atomic mass is 10.2. The number of rotatable bonds is 8. The molecule has 2 aromatic carbocycles. The second-order valence-corrected chi connectivity index (χ2v) is 5.84. The zero-order chi connectivity index (χ0) is 16.8. The fourth-order valence-corrected chi connectivity index (χ4v) is 2.82. The molecule has 4 heteroatoms. The molecule has 126 valence electrons. The first-order valence-corrected chi connectivity index (χ1v) is 8.53. The number of unbranched alkanes of at least 4 members (excludes halogenated alkanes) is 2. The highest BCUT2D eigenvalue weighted by Crippen LogP contribution is 2.21. The topological polar surface area (TPSA) is 36.3 Å². The average molecular weight is 324 g/mol. The minimum Gasteiger partial charge on any atom is -0.497 e. The van der Waals surface area contributed by atoms with Crippen LogP contribution in [0.1, 0.15) is 32.0 Å². The summed E-state index contributed by atoms with van der Waals surface area (Å²) < 4.78 is 13.4. The molecule has 0 amide bonds. The van der Waals surface area contributed by atoms with Crippen LogP contribution in [-0.4, -0.2) is 16.7 Å². The van der Waals surface area contributed by atoms with Gasteiger partial charge in [0.1, 0.15) is 23.9 Å². The fourth-order valence-electron chi connectivity index (χ4n) is 2.82. The van der Waals surface area contributed by atoms with Gasteiger partial charge in [0.15, 0.2) is 0 Å². The maximum absolute atomic E-state index is 5.93. The zero-order valence-electron chi connectivity index (χ0n) is 14.4. The van der Waals surface area contributed by atoms with E-state index in [1.165, 1.54) is 18.4 Å². The summed E-state index contributed by atoms with van der Waals surface area (Å²) in [6.45, 7) is 3.67. The Kier molecular flexibility index (Phi) is 5.36. The predicted octanol–water partition coefficient (Wildman–Crippen LogP) is 4.81. The molecule has 0 aliphatic carbocycles. The van der Waals surface area contributed by atoms with Crippen molar-refractivity contribution in [3.05, 3.63) is 54.4 Å². The molecule has 1 heterocycles. The molecule has 24 heavy (non-hydrogen) atoms. The van der Waals surface area contributed by atoms with Gasteiger partial charge in [-0.15, -0.1) is 0 Å². The Morgan fingerprint density at radius 3 is 2.46 bits per heavy atom. The molecule has 0 aliphatic rings. The standard InChI is InChI=1S/C20H24N2O2/c1-3-4-7-14-22-19-9-6-5-8-18(19)21-20(22)15-24-17-12-10-16(23-2)11-13-17/h5-6,8-13H,3-4,7,14-15H2,1-2H3. The number of fused-ring (bicyclic) bond motifs is 1. The number of nitrogens with zero attached hydrogens (tertiary/aromatic N) is 2. The minimum atomic E-state index is 0.465. The summed E-state index contributed by atoms with van der Waals surface area (Å²) in [6, 6.07) is 15.9. The van der Waals surface area contributed by atoms with Gasteiger partial charge in [-0.1, -0.05) is 31.9 Å². The number of methoxy groups -OCH3 is 1. The van der Waals surface area contributed by atoms with Crippen LogP contribution in [0.25, 0.3) is 11.0 Å². The summed E-state index contributed by atoms with van der Waals surface area (Å²) >= 11 is 0. The van der Waals surface area contributed by atoms with Gasteiger partial charge in [0, 0.05) is 6.54 Å². The monoisotopic (exact) mass is 324 g/mol. The molecule has 0 saturated heterocycles. The number of aryl methyl sites for hydroxylation is 1. The smallest absolute Gasteiger partial charge is 0.147 e. The van der Waals surface area contributed by atoms with E-state index in [-0.39, 0.29) is 0 Å². The normalized spacial score (nSPS) is 10.9. The van der Waals surface area contributed by atoms with E-state index in [1.54, 1.807) is 7.11 Å². The van der Waals surface area contributed by atoms with Crippen LogP contribution in [0.4, 0.5) is 0 Å². The molecule has 0 atom stereocenters. The van der Waals surface area contributed by atoms with E-state index in [1.807, 2.05) is 30.3 Å². The largest absolute Gasteiger partial charge is 0.497 e. The first-order valence-electron chi connectivity index (χ1n) is 8.53. The number of hydrogen-bond donors (Lipinski definition) is 0. The number of imidazole rings is 1. The van der Waals surface area contributed by atoms with Gasteiger partial charge in [-0.05, 0) is 42.8 Å². The van der Waals surface area contributed by atoms with Crippen molar-refractivity contribution >= 4 is 11.0 Å². The Morgan fingerprint density at radius 2 is 1.71 bits per heavy atom. The van der Waals surface area contributed by atoms with E-state index in [4.69, 9.17) is 14.5 Å². The van der Waals surface area contributed by atoms with Gasteiger partial charge < -0.3 is 14.0 Å². The maximum Gasteiger partial charge on any atom is 0.147 e. The molecule has 0 radical (unpaired) electrons. The zero-order valence-corrected chi connectivity index (χ0v) is 14.4. The first kappa shape index (κ1) is 16.4. The van der Waals surface area contributed by atoms with Crippen molar-refractivity contribution in [2.75, 3.05) is 7.11 Å². The Balaban J connectivity index is 1.77. The predicted molar refractivity (Wildman–Crippen MR) is 96.6 cm³/mol. The van der Waals surface area contributed by atoms with Crippen molar-refractivity contribution in [2.45, 2.75) is 39.3 Å². The second kappa shape index (κ2) is 7.86. The van der Waals surface area contributed by atoms with Gasteiger partial charge in [0.2, 0.25) is 0 Å². The van der Waals surface area contributed by atoms with Crippen LogP contribution in [0.5, 0.6) is 11.5 Å². The SMILES string of the molecule is CCCCCn1c(COc2ccc(OC)cc2)nc2ccccc21.